The fourth-order valence-electron chi connectivity index (χ4n) is 1.12. The van der Waals surface area contributed by atoms with Crippen LogP contribution in [0.2, 0.25) is 0 Å². The van der Waals surface area contributed by atoms with E-state index in [1.54, 1.807) is 0 Å². The molecule has 0 radical (unpaired) electrons. The van der Waals surface area contributed by atoms with Crippen molar-refractivity contribution in [2.75, 3.05) is 12.4 Å². The number of thiocarbonyl (C=S) groups is 1. The average Bonchev–Trinajstić information content (AvgIpc) is 2.22. The van der Waals surface area contributed by atoms with E-state index in [1.807, 2.05) is 6.92 Å². The van der Waals surface area contributed by atoms with Gasteiger partial charge in [-0.3, -0.25) is 4.79 Å². The maximum Gasteiger partial charge on any atom is 0.220 e. The predicted octanol–water partition coefficient (Wildman–Crippen LogP) is 3.58. The molecule has 0 aliphatic rings. The Kier molecular flexibility index (Phi) is 10.4. The van der Waals surface area contributed by atoms with Gasteiger partial charge in [-0.05, 0) is 25.6 Å². The molecule has 2 nitrogen and oxygen atoms in total. The van der Waals surface area contributed by atoms with Crippen molar-refractivity contribution < 1.29 is 9.53 Å². The van der Waals surface area contributed by atoms with Crippen molar-refractivity contribution in [3.8, 4) is 0 Å². The highest BCUT2D eigenvalue weighted by Crippen LogP contribution is 2.09. The molecule has 0 fully saturated rings. The Bertz CT molecular complexity index is 193. The first-order valence-electron chi connectivity index (χ1n) is 5.52. The highest BCUT2D eigenvalue weighted by Gasteiger charge is 2.05. The topological polar surface area (TPSA) is 26.3 Å². The zero-order valence-corrected chi connectivity index (χ0v) is 11.2. The average molecular weight is 248 g/mol. The third-order valence-electron chi connectivity index (χ3n) is 1.92. The molecule has 4 heteroatoms. The van der Waals surface area contributed by atoms with E-state index in [0.29, 0.717) is 23.2 Å². The molecule has 0 atom stereocenters. The van der Waals surface area contributed by atoms with Crippen LogP contribution in [0.1, 0.15) is 46.0 Å². The summed E-state index contributed by atoms with van der Waals surface area (Å²) < 4.78 is 5.56. The lowest BCUT2D eigenvalue weighted by Gasteiger charge is -2.03. The molecule has 0 saturated heterocycles. The molecule has 0 aromatic carbocycles. The molecule has 0 N–H and O–H groups in total. The number of unbranched alkanes of at least 4 members (excludes halogenated alkanes) is 3. The summed E-state index contributed by atoms with van der Waals surface area (Å²) in [5, 5.41) is 0. The molecule has 0 aromatic heterocycles. The molecule has 15 heavy (non-hydrogen) atoms. The number of rotatable bonds is 8. The molecule has 0 spiro atoms. The number of ether oxygens (including phenoxy) is 1. The van der Waals surface area contributed by atoms with E-state index in [1.165, 1.54) is 24.6 Å². The van der Waals surface area contributed by atoms with Gasteiger partial charge in [0.15, 0.2) is 0 Å². The first kappa shape index (κ1) is 14.9. The molecule has 0 amide bonds. The lowest BCUT2D eigenvalue weighted by atomic mass is 10.1. The monoisotopic (exact) mass is 248 g/mol. The van der Waals surface area contributed by atoms with Gasteiger partial charge in [-0.25, -0.2) is 0 Å². The van der Waals surface area contributed by atoms with E-state index in [9.17, 15) is 4.79 Å². The molecule has 0 aliphatic heterocycles. The van der Waals surface area contributed by atoms with Crippen LogP contribution in [0.3, 0.4) is 0 Å². The molecular formula is C11H20O2S2. The van der Waals surface area contributed by atoms with Gasteiger partial charge in [0, 0.05) is 6.42 Å². The zero-order valence-electron chi connectivity index (χ0n) is 9.58. The highest BCUT2D eigenvalue weighted by atomic mass is 32.2. The molecule has 0 unspecified atom stereocenters. The Morgan fingerprint density at radius 3 is 2.60 bits per heavy atom. The summed E-state index contributed by atoms with van der Waals surface area (Å²) in [4.78, 5) is 11.4. The molecule has 0 heterocycles. The van der Waals surface area contributed by atoms with Crippen molar-refractivity contribution >= 4 is 34.1 Å². The van der Waals surface area contributed by atoms with Crippen molar-refractivity contribution in [2.45, 2.75) is 46.0 Å². The second kappa shape index (κ2) is 10.4. The standard InChI is InChI=1S/C11H20O2S2/c1-3-5-6-7-8-10(12)9-15-11(14)13-4-2/h3-9H2,1-2H3. The van der Waals surface area contributed by atoms with Gasteiger partial charge in [-0.15, -0.1) is 0 Å². The van der Waals surface area contributed by atoms with Crippen LogP contribution in [0.15, 0.2) is 0 Å². The number of hydrogen-bond donors (Lipinski definition) is 0. The van der Waals surface area contributed by atoms with E-state index in [0.717, 1.165) is 12.8 Å². The molecule has 0 saturated carbocycles. The van der Waals surface area contributed by atoms with Crippen molar-refractivity contribution in [1.82, 2.24) is 0 Å². The summed E-state index contributed by atoms with van der Waals surface area (Å²) in [5.41, 5.74) is 0. The number of thioether (sulfide) groups is 1. The maximum absolute atomic E-state index is 11.4. The van der Waals surface area contributed by atoms with Crippen molar-refractivity contribution in [3.63, 3.8) is 0 Å². The van der Waals surface area contributed by atoms with Gasteiger partial charge in [-0.1, -0.05) is 37.9 Å². The van der Waals surface area contributed by atoms with Gasteiger partial charge in [0.1, 0.15) is 5.78 Å². The van der Waals surface area contributed by atoms with Crippen LogP contribution in [0.25, 0.3) is 0 Å². The summed E-state index contributed by atoms with van der Waals surface area (Å²) >= 11 is 6.25. The third-order valence-corrected chi connectivity index (χ3v) is 3.21. The number of carbonyl (C=O) groups excluding carboxylic acids is 1. The lowest BCUT2D eigenvalue weighted by Crippen LogP contribution is -2.05. The SMILES string of the molecule is CCCCCCC(=O)CSC(=S)OCC. The summed E-state index contributed by atoms with van der Waals surface area (Å²) in [6.45, 7) is 4.63. The van der Waals surface area contributed by atoms with Gasteiger partial charge in [0.05, 0.1) is 12.4 Å². The Morgan fingerprint density at radius 2 is 2.00 bits per heavy atom. The summed E-state index contributed by atoms with van der Waals surface area (Å²) in [7, 11) is 0. The summed E-state index contributed by atoms with van der Waals surface area (Å²) in [6, 6.07) is 0. The predicted molar refractivity (Wildman–Crippen MR) is 70.4 cm³/mol. The van der Waals surface area contributed by atoms with Crippen molar-refractivity contribution in [1.29, 1.82) is 0 Å². The van der Waals surface area contributed by atoms with Crippen molar-refractivity contribution in [2.24, 2.45) is 0 Å². The number of hydrogen-bond acceptors (Lipinski definition) is 4. The van der Waals surface area contributed by atoms with E-state index in [-0.39, 0.29) is 5.78 Å². The highest BCUT2D eigenvalue weighted by molar-refractivity contribution is 8.23. The van der Waals surface area contributed by atoms with Gasteiger partial charge >= 0.3 is 0 Å². The molecular weight excluding hydrogens is 228 g/mol. The second-order valence-corrected chi connectivity index (χ2v) is 4.90. The van der Waals surface area contributed by atoms with Crippen LogP contribution in [0.5, 0.6) is 0 Å². The molecule has 88 valence electrons. The number of Topliss-reactive ketones (excluding diaryl/α,β-unsaturated/α-hetero) is 1. The molecule has 0 aliphatic carbocycles. The van der Waals surface area contributed by atoms with Gasteiger partial charge < -0.3 is 4.74 Å². The quantitative estimate of drug-likeness (QED) is 0.484. The fraction of sp³-hybridized carbons (Fsp3) is 0.818. The van der Waals surface area contributed by atoms with E-state index in [2.05, 4.69) is 6.92 Å². The molecule has 0 rings (SSSR count). The smallest absolute Gasteiger partial charge is 0.220 e. The molecule has 0 aromatic rings. The van der Waals surface area contributed by atoms with Gasteiger partial charge in [0.25, 0.3) is 0 Å². The minimum absolute atomic E-state index is 0.276. The van der Waals surface area contributed by atoms with Gasteiger partial charge in [0.2, 0.25) is 4.38 Å². The Labute approximate surface area is 102 Å². The first-order chi connectivity index (χ1) is 7.20. The summed E-state index contributed by atoms with van der Waals surface area (Å²) in [5.74, 6) is 0.739. The summed E-state index contributed by atoms with van der Waals surface area (Å²) in [6.07, 6.45) is 5.27. The Morgan fingerprint density at radius 1 is 1.27 bits per heavy atom. The van der Waals surface area contributed by atoms with Crippen LogP contribution in [-0.4, -0.2) is 22.5 Å². The van der Waals surface area contributed by atoms with Crippen LogP contribution in [-0.2, 0) is 9.53 Å². The lowest BCUT2D eigenvalue weighted by molar-refractivity contribution is -0.116. The van der Waals surface area contributed by atoms with Crippen LogP contribution in [0, 0.1) is 0 Å². The molecule has 0 bridgehead atoms. The maximum atomic E-state index is 11.4. The van der Waals surface area contributed by atoms with Crippen LogP contribution < -0.4 is 0 Å². The van der Waals surface area contributed by atoms with E-state index >= 15 is 0 Å². The largest absolute Gasteiger partial charge is 0.479 e. The number of carbonyl (C=O) groups is 1. The van der Waals surface area contributed by atoms with E-state index < -0.39 is 0 Å². The third kappa shape index (κ3) is 10.2. The minimum Gasteiger partial charge on any atom is -0.479 e. The number of ketones is 1. The fourth-order valence-corrected chi connectivity index (χ4v) is 2.04. The van der Waals surface area contributed by atoms with Gasteiger partial charge in [-0.2, -0.15) is 0 Å². The van der Waals surface area contributed by atoms with Crippen LogP contribution in [0.4, 0.5) is 0 Å². The minimum atomic E-state index is 0.276. The van der Waals surface area contributed by atoms with E-state index in [4.69, 9.17) is 17.0 Å². The normalized spacial score (nSPS) is 10.0. The van der Waals surface area contributed by atoms with Crippen molar-refractivity contribution in [3.05, 3.63) is 0 Å². The zero-order chi connectivity index (χ0) is 11.5. The Balaban J connectivity index is 3.36. The van der Waals surface area contributed by atoms with Crippen LogP contribution >= 0.6 is 24.0 Å². The Hall–Kier alpha value is -0.0900. The first-order valence-corrected chi connectivity index (χ1v) is 6.91. The second-order valence-electron chi connectivity index (χ2n) is 3.32.